The Bertz CT molecular complexity index is 196. The summed E-state index contributed by atoms with van der Waals surface area (Å²) in [5.74, 6) is -0.523. The molecule has 1 rings (SSSR count). The van der Waals surface area contributed by atoms with Gasteiger partial charge in [0.25, 0.3) is 0 Å². The van der Waals surface area contributed by atoms with Gasteiger partial charge in [-0.25, -0.2) is 0 Å². The van der Waals surface area contributed by atoms with Crippen LogP contribution in [0.4, 0.5) is 0 Å². The smallest absolute Gasteiger partial charge is 0.309 e. The zero-order chi connectivity index (χ0) is 8.97. The van der Waals surface area contributed by atoms with Gasteiger partial charge in [-0.2, -0.15) is 0 Å². The van der Waals surface area contributed by atoms with Gasteiger partial charge in [0.15, 0.2) is 0 Å². The molecule has 1 fully saturated rings. The number of nitrogens with one attached hydrogen (secondary N) is 1. The van der Waals surface area contributed by atoms with E-state index in [4.69, 9.17) is 4.74 Å². The number of esters is 1. The summed E-state index contributed by atoms with van der Waals surface area (Å²) in [5, 5.41) is 2.66. The largest absolute Gasteiger partial charge is 0.466 e. The Kier molecular flexibility index (Phi) is 5.46. The summed E-state index contributed by atoms with van der Waals surface area (Å²) in [6, 6.07) is 0. The lowest BCUT2D eigenvalue weighted by molar-refractivity contribution is -0.151. The predicted molar refractivity (Wildman–Crippen MR) is 49.6 cm³/mol. The van der Waals surface area contributed by atoms with Gasteiger partial charge in [-0.1, -0.05) is 0 Å². The molecule has 1 unspecified atom stereocenters. The molecule has 0 aromatic rings. The van der Waals surface area contributed by atoms with Gasteiger partial charge in [0.1, 0.15) is 0 Å². The fourth-order valence-electron chi connectivity index (χ4n) is 1.25. The van der Waals surface area contributed by atoms with E-state index >= 15 is 0 Å². The molecule has 1 aliphatic rings. The first-order valence-electron chi connectivity index (χ1n) is 4.17. The quantitative estimate of drug-likeness (QED) is 0.671. The fourth-order valence-corrected chi connectivity index (χ4v) is 1.25. The zero-order valence-electron chi connectivity index (χ0n) is 7.54. The van der Waals surface area contributed by atoms with Crippen molar-refractivity contribution in [2.45, 2.75) is 19.8 Å². The molecule has 1 amide bonds. The molecule has 4 nitrogen and oxygen atoms in total. The highest BCUT2D eigenvalue weighted by Crippen LogP contribution is 2.13. The summed E-state index contributed by atoms with van der Waals surface area (Å²) < 4.78 is 4.81. The maximum absolute atomic E-state index is 11.1. The molecule has 1 saturated heterocycles. The molecule has 1 atom stereocenters. The van der Waals surface area contributed by atoms with Crippen molar-refractivity contribution in [1.82, 2.24) is 5.32 Å². The SMILES string of the molecule is CCOC(=O)C1CCNC(=O)C1.Cl. The van der Waals surface area contributed by atoms with Crippen LogP contribution in [-0.4, -0.2) is 25.0 Å². The third-order valence-electron chi connectivity index (χ3n) is 1.87. The monoisotopic (exact) mass is 207 g/mol. The highest BCUT2D eigenvalue weighted by Gasteiger charge is 2.26. The summed E-state index contributed by atoms with van der Waals surface area (Å²) in [4.78, 5) is 22.0. The Balaban J connectivity index is 0.00000144. The Labute approximate surface area is 83.4 Å². The molecule has 0 aliphatic carbocycles. The van der Waals surface area contributed by atoms with Crippen LogP contribution < -0.4 is 5.32 Å². The number of rotatable bonds is 2. The number of amides is 1. The number of carbonyl (C=O) groups is 2. The summed E-state index contributed by atoms with van der Waals surface area (Å²) in [6.45, 7) is 2.74. The first kappa shape index (κ1) is 12.2. The Morgan fingerprint density at radius 2 is 2.38 bits per heavy atom. The van der Waals surface area contributed by atoms with Crippen LogP contribution in [0.15, 0.2) is 0 Å². The van der Waals surface area contributed by atoms with Crippen molar-refractivity contribution < 1.29 is 14.3 Å². The standard InChI is InChI=1S/C8H13NO3.ClH/c1-2-12-8(11)6-3-4-9-7(10)5-6;/h6H,2-5H2,1H3,(H,9,10);1H. The zero-order valence-corrected chi connectivity index (χ0v) is 8.36. The molecule has 76 valence electrons. The molecule has 0 aromatic carbocycles. The van der Waals surface area contributed by atoms with E-state index in [0.717, 1.165) is 0 Å². The van der Waals surface area contributed by atoms with E-state index in [9.17, 15) is 9.59 Å². The first-order valence-corrected chi connectivity index (χ1v) is 4.17. The minimum atomic E-state index is -0.243. The maximum Gasteiger partial charge on any atom is 0.309 e. The van der Waals surface area contributed by atoms with Crippen molar-refractivity contribution in [3.8, 4) is 0 Å². The van der Waals surface area contributed by atoms with Crippen LogP contribution in [0.2, 0.25) is 0 Å². The molecule has 13 heavy (non-hydrogen) atoms. The third-order valence-corrected chi connectivity index (χ3v) is 1.87. The van der Waals surface area contributed by atoms with Crippen molar-refractivity contribution in [3.05, 3.63) is 0 Å². The van der Waals surface area contributed by atoms with Gasteiger partial charge in [-0.15, -0.1) is 12.4 Å². The molecule has 1 heterocycles. The second kappa shape index (κ2) is 5.80. The van der Waals surface area contributed by atoms with Crippen LogP contribution in [0.25, 0.3) is 0 Å². The number of hydrogen-bond acceptors (Lipinski definition) is 3. The lowest BCUT2D eigenvalue weighted by Gasteiger charge is -2.19. The number of carbonyl (C=O) groups excluding carboxylic acids is 2. The van der Waals surface area contributed by atoms with E-state index in [1.165, 1.54) is 0 Å². The van der Waals surface area contributed by atoms with Crippen LogP contribution in [0.1, 0.15) is 19.8 Å². The van der Waals surface area contributed by atoms with E-state index in [1.807, 2.05) is 0 Å². The van der Waals surface area contributed by atoms with Crippen molar-refractivity contribution in [2.24, 2.45) is 5.92 Å². The average Bonchev–Trinajstić information content (AvgIpc) is 2.05. The Morgan fingerprint density at radius 3 is 2.92 bits per heavy atom. The molecule has 0 aromatic heterocycles. The van der Waals surface area contributed by atoms with Gasteiger partial charge in [-0.05, 0) is 13.3 Å². The van der Waals surface area contributed by atoms with Crippen LogP contribution in [0, 0.1) is 5.92 Å². The van der Waals surface area contributed by atoms with Crippen LogP contribution in [-0.2, 0) is 14.3 Å². The van der Waals surface area contributed by atoms with Gasteiger partial charge in [-0.3, -0.25) is 9.59 Å². The molecule has 5 heteroatoms. The normalized spacial score (nSPS) is 21.3. The third kappa shape index (κ3) is 3.63. The summed E-state index contributed by atoms with van der Waals surface area (Å²) >= 11 is 0. The van der Waals surface area contributed by atoms with E-state index in [2.05, 4.69) is 5.32 Å². The number of halogens is 1. The van der Waals surface area contributed by atoms with E-state index in [0.29, 0.717) is 19.6 Å². The van der Waals surface area contributed by atoms with Crippen LogP contribution in [0.3, 0.4) is 0 Å². The minimum absolute atomic E-state index is 0. The first-order chi connectivity index (χ1) is 5.74. The van der Waals surface area contributed by atoms with Gasteiger partial charge in [0, 0.05) is 13.0 Å². The highest BCUT2D eigenvalue weighted by molar-refractivity contribution is 5.85. The van der Waals surface area contributed by atoms with Crippen LogP contribution >= 0.6 is 12.4 Å². The molecule has 1 aliphatic heterocycles. The predicted octanol–water partition coefficient (Wildman–Crippen LogP) is 0.497. The van der Waals surface area contributed by atoms with Gasteiger partial charge >= 0.3 is 5.97 Å². The molecule has 0 radical (unpaired) electrons. The fraction of sp³-hybridized carbons (Fsp3) is 0.750. The maximum atomic E-state index is 11.1. The summed E-state index contributed by atoms with van der Waals surface area (Å²) in [6.07, 6.45) is 0.976. The molecule has 1 N–H and O–H groups in total. The minimum Gasteiger partial charge on any atom is -0.466 e. The summed E-state index contributed by atoms with van der Waals surface area (Å²) in [5.41, 5.74) is 0. The lowest BCUT2D eigenvalue weighted by Crippen LogP contribution is -2.37. The van der Waals surface area contributed by atoms with E-state index < -0.39 is 0 Å². The second-order valence-electron chi connectivity index (χ2n) is 2.79. The molecular formula is C8H14ClNO3. The molecule has 0 saturated carbocycles. The Morgan fingerprint density at radius 1 is 1.69 bits per heavy atom. The van der Waals surface area contributed by atoms with Crippen LogP contribution in [0.5, 0.6) is 0 Å². The van der Waals surface area contributed by atoms with Crippen molar-refractivity contribution in [3.63, 3.8) is 0 Å². The van der Waals surface area contributed by atoms with E-state index in [-0.39, 0.29) is 36.6 Å². The average molecular weight is 208 g/mol. The van der Waals surface area contributed by atoms with Gasteiger partial charge < -0.3 is 10.1 Å². The number of ether oxygens (including phenoxy) is 1. The van der Waals surface area contributed by atoms with Gasteiger partial charge in [0.2, 0.25) is 5.91 Å². The van der Waals surface area contributed by atoms with Crippen molar-refractivity contribution in [1.29, 1.82) is 0 Å². The topological polar surface area (TPSA) is 55.4 Å². The van der Waals surface area contributed by atoms with E-state index in [1.54, 1.807) is 6.92 Å². The van der Waals surface area contributed by atoms with Crippen molar-refractivity contribution in [2.75, 3.05) is 13.2 Å². The second-order valence-corrected chi connectivity index (χ2v) is 2.79. The van der Waals surface area contributed by atoms with Gasteiger partial charge in [0.05, 0.1) is 12.5 Å². The molecular weight excluding hydrogens is 194 g/mol. The molecule has 0 spiro atoms. The molecule has 0 bridgehead atoms. The summed E-state index contributed by atoms with van der Waals surface area (Å²) in [7, 11) is 0. The lowest BCUT2D eigenvalue weighted by atomic mass is 9.98. The van der Waals surface area contributed by atoms with Crippen molar-refractivity contribution >= 4 is 24.3 Å². The number of piperidine rings is 1. The number of hydrogen-bond donors (Lipinski definition) is 1. The highest BCUT2D eigenvalue weighted by atomic mass is 35.5. The Hall–Kier alpha value is -0.770.